The molecule has 6 nitrogen and oxygen atoms in total. The summed E-state index contributed by atoms with van der Waals surface area (Å²) in [4.78, 5) is 37.9. The molecular formula is C20H27FN2O4. The molecule has 1 aromatic rings. The van der Waals surface area contributed by atoms with Crippen LogP contribution in [0.1, 0.15) is 43.5 Å². The predicted molar refractivity (Wildman–Crippen MR) is 98.6 cm³/mol. The van der Waals surface area contributed by atoms with Crippen LogP contribution in [-0.4, -0.2) is 47.4 Å². The van der Waals surface area contributed by atoms with E-state index in [4.69, 9.17) is 0 Å². The van der Waals surface area contributed by atoms with E-state index in [1.165, 1.54) is 24.3 Å². The second-order valence-electron chi connectivity index (χ2n) is 7.51. The highest BCUT2D eigenvalue weighted by molar-refractivity contribution is 5.94. The number of carbonyl (C=O) groups is 3. The third-order valence-corrected chi connectivity index (χ3v) is 4.80. The van der Waals surface area contributed by atoms with Gasteiger partial charge in [0, 0.05) is 25.2 Å². The first-order valence-electron chi connectivity index (χ1n) is 9.33. The molecule has 0 aliphatic carbocycles. The number of nitrogens with one attached hydrogen (secondary N) is 1. The molecule has 27 heavy (non-hydrogen) atoms. The minimum absolute atomic E-state index is 0.0920. The fourth-order valence-electron chi connectivity index (χ4n) is 3.36. The van der Waals surface area contributed by atoms with Crippen LogP contribution >= 0.6 is 0 Å². The van der Waals surface area contributed by atoms with Crippen LogP contribution in [0.2, 0.25) is 0 Å². The Morgan fingerprint density at radius 1 is 1.26 bits per heavy atom. The highest BCUT2D eigenvalue weighted by Gasteiger charge is 2.30. The maximum Gasteiger partial charge on any atom is 0.308 e. The van der Waals surface area contributed by atoms with E-state index in [0.717, 1.165) is 0 Å². The number of halogens is 1. The van der Waals surface area contributed by atoms with Crippen LogP contribution in [0.3, 0.4) is 0 Å². The van der Waals surface area contributed by atoms with Crippen molar-refractivity contribution in [3.8, 4) is 0 Å². The number of benzene rings is 1. The quantitative estimate of drug-likeness (QED) is 0.763. The molecular weight excluding hydrogens is 351 g/mol. The first-order chi connectivity index (χ1) is 12.8. The zero-order valence-corrected chi connectivity index (χ0v) is 15.8. The molecule has 1 heterocycles. The van der Waals surface area contributed by atoms with E-state index in [1.807, 2.05) is 13.8 Å². The SMILES string of the molecule is CC(C)CC(CNC(=O)C1CCCN(C(=O)c2ccc(F)cc2)C1)C(=O)O. The Hall–Kier alpha value is -2.44. The number of carboxylic acid groups (broad SMARTS) is 1. The van der Waals surface area contributed by atoms with E-state index < -0.39 is 17.7 Å². The molecule has 0 spiro atoms. The van der Waals surface area contributed by atoms with Gasteiger partial charge in [0.05, 0.1) is 11.8 Å². The average Bonchev–Trinajstić information content (AvgIpc) is 2.64. The third-order valence-electron chi connectivity index (χ3n) is 4.80. The molecule has 0 radical (unpaired) electrons. The van der Waals surface area contributed by atoms with Crippen molar-refractivity contribution in [3.05, 3.63) is 35.6 Å². The summed E-state index contributed by atoms with van der Waals surface area (Å²) in [6.45, 7) is 4.81. The Morgan fingerprint density at radius 3 is 2.52 bits per heavy atom. The largest absolute Gasteiger partial charge is 0.481 e. The van der Waals surface area contributed by atoms with Crippen molar-refractivity contribution >= 4 is 17.8 Å². The molecule has 7 heteroatoms. The van der Waals surface area contributed by atoms with Crippen molar-refractivity contribution in [1.29, 1.82) is 0 Å². The van der Waals surface area contributed by atoms with Crippen molar-refractivity contribution in [1.82, 2.24) is 10.2 Å². The minimum Gasteiger partial charge on any atom is -0.481 e. The van der Waals surface area contributed by atoms with E-state index >= 15 is 0 Å². The summed E-state index contributed by atoms with van der Waals surface area (Å²) in [6, 6.07) is 5.35. The molecule has 0 saturated carbocycles. The number of carboxylic acids is 1. The van der Waals surface area contributed by atoms with Crippen molar-refractivity contribution in [3.63, 3.8) is 0 Å². The van der Waals surface area contributed by atoms with Crippen LogP contribution in [0.4, 0.5) is 4.39 Å². The second-order valence-corrected chi connectivity index (χ2v) is 7.51. The van der Waals surface area contributed by atoms with E-state index in [-0.39, 0.29) is 36.7 Å². The number of hydrogen-bond acceptors (Lipinski definition) is 3. The fourth-order valence-corrected chi connectivity index (χ4v) is 3.36. The highest BCUT2D eigenvalue weighted by atomic mass is 19.1. The van der Waals surface area contributed by atoms with Crippen LogP contribution in [0, 0.1) is 23.6 Å². The lowest BCUT2D eigenvalue weighted by atomic mass is 9.94. The van der Waals surface area contributed by atoms with Crippen molar-refractivity contribution in [2.75, 3.05) is 19.6 Å². The number of likely N-dealkylation sites (tertiary alicyclic amines) is 1. The van der Waals surface area contributed by atoms with E-state index in [0.29, 0.717) is 31.4 Å². The van der Waals surface area contributed by atoms with Crippen LogP contribution in [-0.2, 0) is 9.59 Å². The second kappa shape index (κ2) is 9.48. The molecule has 1 aromatic carbocycles. The highest BCUT2D eigenvalue weighted by Crippen LogP contribution is 2.20. The van der Waals surface area contributed by atoms with Crippen LogP contribution in [0.5, 0.6) is 0 Å². The van der Waals surface area contributed by atoms with Gasteiger partial charge in [-0.25, -0.2) is 4.39 Å². The molecule has 1 saturated heterocycles. The standard InChI is InChI=1S/C20H27FN2O4/c1-13(2)10-16(20(26)27)11-22-18(24)15-4-3-9-23(12-15)19(25)14-5-7-17(21)8-6-14/h5-8,13,15-16H,3-4,9-12H2,1-2H3,(H,22,24)(H,26,27). The zero-order chi connectivity index (χ0) is 20.0. The maximum absolute atomic E-state index is 13.0. The van der Waals surface area contributed by atoms with Crippen LogP contribution in [0.25, 0.3) is 0 Å². The van der Waals surface area contributed by atoms with Gasteiger partial charge in [0.25, 0.3) is 5.91 Å². The lowest BCUT2D eigenvalue weighted by Crippen LogP contribution is -2.46. The van der Waals surface area contributed by atoms with Gasteiger partial charge in [0.15, 0.2) is 0 Å². The molecule has 148 valence electrons. The van der Waals surface area contributed by atoms with Crippen molar-refractivity contribution < 1.29 is 23.9 Å². The molecule has 1 fully saturated rings. The smallest absolute Gasteiger partial charge is 0.308 e. The maximum atomic E-state index is 13.0. The molecule has 2 amide bonds. The summed E-state index contributed by atoms with van der Waals surface area (Å²) in [5.41, 5.74) is 0.389. The van der Waals surface area contributed by atoms with Gasteiger partial charge in [-0.1, -0.05) is 13.8 Å². The van der Waals surface area contributed by atoms with E-state index in [9.17, 15) is 23.9 Å². The Labute approximate surface area is 158 Å². The van der Waals surface area contributed by atoms with E-state index in [1.54, 1.807) is 4.90 Å². The molecule has 0 bridgehead atoms. The summed E-state index contributed by atoms with van der Waals surface area (Å²) in [5, 5.41) is 12.0. The van der Waals surface area contributed by atoms with Gasteiger partial charge in [0.2, 0.25) is 5.91 Å². The molecule has 1 aliphatic heterocycles. The molecule has 1 aliphatic rings. The number of rotatable bonds is 7. The monoisotopic (exact) mass is 378 g/mol. The molecule has 2 atom stereocenters. The number of amides is 2. The van der Waals surface area contributed by atoms with Gasteiger partial charge in [-0.3, -0.25) is 14.4 Å². The Bertz CT molecular complexity index is 675. The van der Waals surface area contributed by atoms with E-state index in [2.05, 4.69) is 5.32 Å². The lowest BCUT2D eigenvalue weighted by molar-refractivity contribution is -0.142. The van der Waals surface area contributed by atoms with Gasteiger partial charge in [-0.15, -0.1) is 0 Å². The number of aliphatic carboxylic acids is 1. The first-order valence-corrected chi connectivity index (χ1v) is 9.33. The topological polar surface area (TPSA) is 86.7 Å². The average molecular weight is 378 g/mol. The van der Waals surface area contributed by atoms with Crippen molar-refractivity contribution in [2.24, 2.45) is 17.8 Å². The Balaban J connectivity index is 1.92. The number of nitrogens with zero attached hydrogens (tertiary/aromatic N) is 1. The summed E-state index contributed by atoms with van der Waals surface area (Å²) >= 11 is 0. The fraction of sp³-hybridized carbons (Fsp3) is 0.550. The lowest BCUT2D eigenvalue weighted by Gasteiger charge is -2.32. The molecule has 2 unspecified atom stereocenters. The van der Waals surface area contributed by atoms with Crippen LogP contribution < -0.4 is 5.32 Å². The Morgan fingerprint density at radius 2 is 1.93 bits per heavy atom. The van der Waals surface area contributed by atoms with Gasteiger partial charge in [-0.2, -0.15) is 0 Å². The van der Waals surface area contributed by atoms with Gasteiger partial charge in [-0.05, 0) is 49.4 Å². The Kier molecular flexibility index (Phi) is 7.33. The first kappa shape index (κ1) is 20.9. The summed E-state index contributed by atoms with van der Waals surface area (Å²) < 4.78 is 13.0. The summed E-state index contributed by atoms with van der Waals surface area (Å²) in [7, 11) is 0. The summed E-state index contributed by atoms with van der Waals surface area (Å²) in [5.74, 6) is -2.53. The van der Waals surface area contributed by atoms with Gasteiger partial charge < -0.3 is 15.3 Å². The summed E-state index contributed by atoms with van der Waals surface area (Å²) in [6.07, 6.45) is 1.84. The molecule has 2 N–H and O–H groups in total. The number of piperidine rings is 1. The zero-order valence-electron chi connectivity index (χ0n) is 15.8. The predicted octanol–water partition coefficient (Wildman–Crippen LogP) is 2.54. The number of hydrogen-bond donors (Lipinski definition) is 2. The van der Waals surface area contributed by atoms with Gasteiger partial charge >= 0.3 is 5.97 Å². The van der Waals surface area contributed by atoms with Gasteiger partial charge in [0.1, 0.15) is 5.82 Å². The molecule has 2 rings (SSSR count). The van der Waals surface area contributed by atoms with Crippen LogP contribution in [0.15, 0.2) is 24.3 Å². The third kappa shape index (κ3) is 6.05. The number of carbonyl (C=O) groups excluding carboxylic acids is 2. The van der Waals surface area contributed by atoms with Crippen molar-refractivity contribution in [2.45, 2.75) is 33.1 Å². The normalized spacial score (nSPS) is 18.2. The molecule has 0 aromatic heterocycles. The minimum atomic E-state index is -0.916.